The molecule has 0 aliphatic rings. The fourth-order valence-electron chi connectivity index (χ4n) is 2.06. The quantitative estimate of drug-likeness (QED) is 0.779. The summed E-state index contributed by atoms with van der Waals surface area (Å²) in [5, 5.41) is 9.52. The SMILES string of the molecule is CCC(O)CCCOc1ccc(C)cc1C(C)(C)C. The molecular formula is C17H28O2. The highest BCUT2D eigenvalue weighted by Crippen LogP contribution is 2.32. The summed E-state index contributed by atoms with van der Waals surface area (Å²) >= 11 is 0. The van der Waals surface area contributed by atoms with Crippen LogP contribution in [0.5, 0.6) is 5.75 Å². The summed E-state index contributed by atoms with van der Waals surface area (Å²) in [4.78, 5) is 0. The number of ether oxygens (including phenoxy) is 1. The van der Waals surface area contributed by atoms with Crippen molar-refractivity contribution in [2.75, 3.05) is 6.61 Å². The molecule has 1 rings (SSSR count). The van der Waals surface area contributed by atoms with Gasteiger partial charge in [0.2, 0.25) is 0 Å². The van der Waals surface area contributed by atoms with Crippen molar-refractivity contribution in [2.45, 2.75) is 65.4 Å². The van der Waals surface area contributed by atoms with E-state index in [1.165, 1.54) is 11.1 Å². The largest absolute Gasteiger partial charge is 0.493 e. The lowest BCUT2D eigenvalue weighted by atomic mass is 9.85. The van der Waals surface area contributed by atoms with Gasteiger partial charge in [0.05, 0.1) is 12.7 Å². The van der Waals surface area contributed by atoms with Crippen LogP contribution in [0.25, 0.3) is 0 Å². The number of hydrogen-bond acceptors (Lipinski definition) is 2. The first-order chi connectivity index (χ1) is 8.84. The third-order valence-electron chi connectivity index (χ3n) is 3.35. The second-order valence-corrected chi connectivity index (χ2v) is 6.30. The molecule has 2 nitrogen and oxygen atoms in total. The summed E-state index contributed by atoms with van der Waals surface area (Å²) < 4.78 is 5.90. The lowest BCUT2D eigenvalue weighted by Gasteiger charge is -2.23. The van der Waals surface area contributed by atoms with Gasteiger partial charge >= 0.3 is 0 Å². The maximum absolute atomic E-state index is 9.52. The first-order valence-electron chi connectivity index (χ1n) is 7.26. The molecule has 0 amide bonds. The van der Waals surface area contributed by atoms with Crippen LogP contribution in [0.15, 0.2) is 18.2 Å². The Labute approximate surface area is 117 Å². The van der Waals surface area contributed by atoms with Crippen LogP contribution in [-0.4, -0.2) is 17.8 Å². The van der Waals surface area contributed by atoms with Gasteiger partial charge < -0.3 is 9.84 Å². The van der Waals surface area contributed by atoms with Gasteiger partial charge in [0.1, 0.15) is 5.75 Å². The minimum atomic E-state index is -0.191. The van der Waals surface area contributed by atoms with E-state index in [-0.39, 0.29) is 11.5 Å². The second-order valence-electron chi connectivity index (χ2n) is 6.30. The van der Waals surface area contributed by atoms with E-state index in [4.69, 9.17) is 4.74 Å². The number of hydrogen-bond donors (Lipinski definition) is 1. The van der Waals surface area contributed by atoms with Crippen molar-refractivity contribution in [3.8, 4) is 5.75 Å². The van der Waals surface area contributed by atoms with Crippen LogP contribution in [0.1, 0.15) is 58.1 Å². The van der Waals surface area contributed by atoms with Crippen LogP contribution >= 0.6 is 0 Å². The number of aliphatic hydroxyl groups is 1. The molecule has 0 saturated heterocycles. The number of benzene rings is 1. The van der Waals surface area contributed by atoms with Crippen LogP contribution in [0, 0.1) is 6.92 Å². The first-order valence-corrected chi connectivity index (χ1v) is 7.26. The van der Waals surface area contributed by atoms with Gasteiger partial charge in [0.25, 0.3) is 0 Å². The Morgan fingerprint density at radius 1 is 1.26 bits per heavy atom. The van der Waals surface area contributed by atoms with E-state index < -0.39 is 0 Å². The number of rotatable bonds is 6. The van der Waals surface area contributed by atoms with Crippen molar-refractivity contribution in [3.63, 3.8) is 0 Å². The molecule has 1 atom stereocenters. The van der Waals surface area contributed by atoms with Gasteiger partial charge in [-0.3, -0.25) is 0 Å². The average molecular weight is 264 g/mol. The molecule has 0 spiro atoms. The molecule has 108 valence electrons. The monoisotopic (exact) mass is 264 g/mol. The molecule has 0 aliphatic carbocycles. The number of aliphatic hydroxyl groups excluding tert-OH is 1. The third kappa shape index (κ3) is 5.23. The molecule has 0 aliphatic heterocycles. The zero-order valence-electron chi connectivity index (χ0n) is 13.0. The van der Waals surface area contributed by atoms with Gasteiger partial charge in [0, 0.05) is 0 Å². The molecule has 1 aromatic rings. The molecule has 1 N–H and O–H groups in total. The maximum Gasteiger partial charge on any atom is 0.123 e. The van der Waals surface area contributed by atoms with Crippen LogP contribution in [0.3, 0.4) is 0 Å². The predicted molar refractivity (Wildman–Crippen MR) is 80.9 cm³/mol. The lowest BCUT2D eigenvalue weighted by Crippen LogP contribution is -2.14. The Morgan fingerprint density at radius 2 is 1.95 bits per heavy atom. The van der Waals surface area contributed by atoms with E-state index in [0.717, 1.165) is 25.0 Å². The lowest BCUT2D eigenvalue weighted by molar-refractivity contribution is 0.148. The number of aryl methyl sites for hydroxylation is 1. The van der Waals surface area contributed by atoms with Crippen LogP contribution < -0.4 is 4.74 Å². The van der Waals surface area contributed by atoms with Crippen molar-refractivity contribution in [3.05, 3.63) is 29.3 Å². The van der Waals surface area contributed by atoms with Crippen molar-refractivity contribution >= 4 is 0 Å². The minimum absolute atomic E-state index is 0.0876. The first kappa shape index (κ1) is 16.0. The molecule has 0 radical (unpaired) electrons. The highest BCUT2D eigenvalue weighted by Gasteiger charge is 2.19. The van der Waals surface area contributed by atoms with Crippen molar-refractivity contribution in [1.82, 2.24) is 0 Å². The summed E-state index contributed by atoms with van der Waals surface area (Å²) in [5.74, 6) is 0.976. The van der Waals surface area contributed by atoms with Gasteiger partial charge in [-0.15, -0.1) is 0 Å². The third-order valence-corrected chi connectivity index (χ3v) is 3.35. The van der Waals surface area contributed by atoms with Gasteiger partial charge in [-0.1, -0.05) is 45.4 Å². The van der Waals surface area contributed by atoms with Gasteiger partial charge in [-0.25, -0.2) is 0 Å². The molecule has 1 unspecified atom stereocenters. The average Bonchev–Trinajstić information content (AvgIpc) is 2.34. The Balaban J connectivity index is 2.63. The fraction of sp³-hybridized carbons (Fsp3) is 0.647. The molecule has 19 heavy (non-hydrogen) atoms. The molecule has 0 saturated carbocycles. The van der Waals surface area contributed by atoms with E-state index in [2.05, 4.69) is 45.9 Å². The highest BCUT2D eigenvalue weighted by atomic mass is 16.5. The van der Waals surface area contributed by atoms with Crippen molar-refractivity contribution in [2.24, 2.45) is 0 Å². The molecule has 0 heterocycles. The zero-order chi connectivity index (χ0) is 14.5. The van der Waals surface area contributed by atoms with Crippen molar-refractivity contribution < 1.29 is 9.84 Å². The molecule has 0 bridgehead atoms. The highest BCUT2D eigenvalue weighted by molar-refractivity contribution is 5.41. The van der Waals surface area contributed by atoms with Gasteiger partial charge in [-0.05, 0) is 43.2 Å². The summed E-state index contributed by atoms with van der Waals surface area (Å²) in [6.45, 7) is 11.4. The van der Waals surface area contributed by atoms with Crippen molar-refractivity contribution in [1.29, 1.82) is 0 Å². The van der Waals surface area contributed by atoms with Crippen LogP contribution in [-0.2, 0) is 5.41 Å². The van der Waals surface area contributed by atoms with Gasteiger partial charge in [0.15, 0.2) is 0 Å². The smallest absolute Gasteiger partial charge is 0.123 e. The molecule has 2 heteroatoms. The Bertz CT molecular complexity index is 391. The van der Waals surface area contributed by atoms with Crippen LogP contribution in [0.2, 0.25) is 0 Å². The van der Waals surface area contributed by atoms with E-state index in [1.807, 2.05) is 6.92 Å². The second kappa shape index (κ2) is 6.95. The molecular weight excluding hydrogens is 236 g/mol. The van der Waals surface area contributed by atoms with Crippen LogP contribution in [0.4, 0.5) is 0 Å². The Morgan fingerprint density at radius 3 is 2.53 bits per heavy atom. The topological polar surface area (TPSA) is 29.5 Å². The van der Waals surface area contributed by atoms with E-state index in [1.54, 1.807) is 0 Å². The van der Waals surface area contributed by atoms with E-state index in [9.17, 15) is 5.11 Å². The van der Waals surface area contributed by atoms with Gasteiger partial charge in [-0.2, -0.15) is 0 Å². The summed E-state index contributed by atoms with van der Waals surface area (Å²) in [6, 6.07) is 6.36. The predicted octanol–water partition coefficient (Wildman–Crippen LogP) is 4.22. The maximum atomic E-state index is 9.52. The standard InChI is InChI=1S/C17H28O2/c1-6-14(18)8-7-11-19-16-10-9-13(2)12-15(16)17(3,4)5/h9-10,12,14,18H,6-8,11H2,1-5H3. The Kier molecular flexibility index (Phi) is 5.86. The Hall–Kier alpha value is -1.02. The zero-order valence-corrected chi connectivity index (χ0v) is 13.0. The summed E-state index contributed by atoms with van der Waals surface area (Å²) in [6.07, 6.45) is 2.33. The normalized spacial score (nSPS) is 13.4. The molecule has 0 fully saturated rings. The molecule has 1 aromatic carbocycles. The van der Waals surface area contributed by atoms with E-state index in [0.29, 0.717) is 6.61 Å². The summed E-state index contributed by atoms with van der Waals surface area (Å²) in [5.41, 5.74) is 2.60. The van der Waals surface area contributed by atoms with E-state index >= 15 is 0 Å². The summed E-state index contributed by atoms with van der Waals surface area (Å²) in [7, 11) is 0. The fourth-order valence-corrected chi connectivity index (χ4v) is 2.06. The molecule has 0 aromatic heterocycles. The minimum Gasteiger partial charge on any atom is -0.493 e.